The van der Waals surface area contributed by atoms with E-state index in [2.05, 4.69) is 66.9 Å². The molecule has 0 spiro atoms. The van der Waals surface area contributed by atoms with Crippen molar-refractivity contribution < 1.29 is 0 Å². The molecular formula is C17H18BrN5S. The molecule has 2 aliphatic rings. The number of rotatable bonds is 4. The Hall–Kier alpha value is -1.73. The molecule has 0 radical (unpaired) electrons. The first kappa shape index (κ1) is 15.8. The lowest BCUT2D eigenvalue weighted by atomic mass is 9.98. The Bertz CT molecular complexity index is 800. The Morgan fingerprint density at radius 1 is 1.46 bits per heavy atom. The van der Waals surface area contributed by atoms with Crippen molar-refractivity contribution >= 4 is 45.1 Å². The molecule has 2 aromatic heterocycles. The summed E-state index contributed by atoms with van der Waals surface area (Å²) >= 11 is 5.19. The summed E-state index contributed by atoms with van der Waals surface area (Å²) < 4.78 is 1.11. The first-order valence-electron chi connectivity index (χ1n) is 7.95. The number of thiophene rings is 1. The van der Waals surface area contributed by atoms with Crippen LogP contribution >= 0.6 is 27.3 Å². The van der Waals surface area contributed by atoms with Gasteiger partial charge in [0, 0.05) is 52.7 Å². The fraction of sp³-hybridized carbons (Fsp3) is 0.353. The van der Waals surface area contributed by atoms with E-state index >= 15 is 0 Å². The first-order valence-corrected chi connectivity index (χ1v) is 9.63. The zero-order valence-corrected chi connectivity index (χ0v) is 15.7. The van der Waals surface area contributed by atoms with Crippen LogP contribution in [0.4, 0.5) is 5.95 Å². The van der Waals surface area contributed by atoms with Gasteiger partial charge in [-0.05, 0) is 40.6 Å². The van der Waals surface area contributed by atoms with Crippen molar-refractivity contribution in [1.82, 2.24) is 14.9 Å². The Morgan fingerprint density at radius 2 is 2.38 bits per heavy atom. The topological polar surface area (TPSA) is 53.4 Å². The third kappa shape index (κ3) is 3.10. The molecular weight excluding hydrogens is 386 g/mol. The number of aliphatic imine (C=N–C) groups is 1. The summed E-state index contributed by atoms with van der Waals surface area (Å²) in [7, 11) is 2.15. The maximum absolute atomic E-state index is 4.70. The molecule has 1 N–H and O–H groups in total. The van der Waals surface area contributed by atoms with E-state index in [-0.39, 0.29) is 0 Å². The molecule has 2 aromatic rings. The number of nitrogens with zero attached hydrogens (tertiary/aromatic N) is 4. The van der Waals surface area contributed by atoms with Crippen molar-refractivity contribution in [3.63, 3.8) is 0 Å². The van der Waals surface area contributed by atoms with E-state index in [9.17, 15) is 0 Å². The molecule has 0 bridgehead atoms. The molecule has 0 aliphatic carbocycles. The van der Waals surface area contributed by atoms with Crippen LogP contribution in [0.15, 0.2) is 39.3 Å². The Morgan fingerprint density at radius 3 is 3.17 bits per heavy atom. The van der Waals surface area contributed by atoms with Gasteiger partial charge in [0.25, 0.3) is 0 Å². The van der Waals surface area contributed by atoms with Gasteiger partial charge >= 0.3 is 0 Å². The number of anilines is 1. The van der Waals surface area contributed by atoms with Gasteiger partial charge in [-0.25, -0.2) is 9.97 Å². The second-order valence-corrected chi connectivity index (χ2v) is 7.91. The van der Waals surface area contributed by atoms with Gasteiger partial charge in [-0.15, -0.1) is 11.3 Å². The quantitative estimate of drug-likeness (QED) is 0.845. The molecule has 0 aromatic carbocycles. The van der Waals surface area contributed by atoms with Crippen molar-refractivity contribution in [2.75, 3.05) is 18.9 Å². The molecule has 0 amide bonds. The third-order valence-electron chi connectivity index (χ3n) is 4.46. The molecule has 2 aliphatic heterocycles. The van der Waals surface area contributed by atoms with Crippen molar-refractivity contribution in [1.29, 1.82) is 0 Å². The first-order chi connectivity index (χ1) is 11.7. The fourth-order valence-electron chi connectivity index (χ4n) is 3.24. The van der Waals surface area contributed by atoms with Gasteiger partial charge in [0.2, 0.25) is 5.95 Å². The minimum Gasteiger partial charge on any atom is -0.369 e. The van der Waals surface area contributed by atoms with Crippen molar-refractivity contribution in [2.45, 2.75) is 19.0 Å². The van der Waals surface area contributed by atoms with Gasteiger partial charge < -0.3 is 10.2 Å². The summed E-state index contributed by atoms with van der Waals surface area (Å²) in [6.45, 7) is 1.64. The highest BCUT2D eigenvalue weighted by atomic mass is 79.9. The summed E-state index contributed by atoms with van der Waals surface area (Å²) in [5.41, 5.74) is 2.13. The van der Waals surface area contributed by atoms with E-state index in [1.54, 1.807) is 11.3 Å². The van der Waals surface area contributed by atoms with Crippen LogP contribution in [0.2, 0.25) is 0 Å². The summed E-state index contributed by atoms with van der Waals surface area (Å²) in [6.07, 6.45) is 7.27. The maximum atomic E-state index is 4.70. The molecule has 24 heavy (non-hydrogen) atoms. The van der Waals surface area contributed by atoms with E-state index in [0.29, 0.717) is 17.9 Å². The van der Waals surface area contributed by atoms with Crippen LogP contribution in [-0.2, 0) is 6.54 Å². The average Bonchev–Trinajstić information content (AvgIpc) is 3.17. The minimum absolute atomic E-state index is 0.397. The Labute approximate surface area is 153 Å². The monoisotopic (exact) mass is 403 g/mol. The largest absolute Gasteiger partial charge is 0.369 e. The van der Waals surface area contributed by atoms with Crippen LogP contribution in [-0.4, -0.2) is 40.7 Å². The number of hydrogen-bond acceptors (Lipinski definition) is 6. The molecule has 124 valence electrons. The third-order valence-corrected chi connectivity index (χ3v) is 6.16. The van der Waals surface area contributed by atoms with Crippen LogP contribution < -0.4 is 5.32 Å². The normalized spacial score (nSPS) is 22.4. The summed E-state index contributed by atoms with van der Waals surface area (Å²) in [4.78, 5) is 17.0. The smallest absolute Gasteiger partial charge is 0.223 e. The number of halogens is 1. The molecule has 0 saturated heterocycles. The number of aromatic nitrogens is 2. The van der Waals surface area contributed by atoms with Gasteiger partial charge in [-0.2, -0.15) is 0 Å². The van der Waals surface area contributed by atoms with E-state index in [1.165, 1.54) is 10.6 Å². The van der Waals surface area contributed by atoms with Crippen molar-refractivity contribution in [3.05, 3.63) is 44.8 Å². The summed E-state index contributed by atoms with van der Waals surface area (Å²) in [5.74, 6) is 1.06. The lowest BCUT2D eigenvalue weighted by Gasteiger charge is -2.29. The summed E-state index contributed by atoms with van der Waals surface area (Å²) in [6, 6.07) is 4.59. The van der Waals surface area contributed by atoms with Crippen molar-refractivity contribution in [2.24, 2.45) is 10.9 Å². The molecule has 4 rings (SSSR count). The fourth-order valence-corrected chi connectivity index (χ4v) is 4.64. The lowest BCUT2D eigenvalue weighted by molar-refractivity contribution is 0.324. The van der Waals surface area contributed by atoms with Crippen LogP contribution in [0.5, 0.6) is 0 Å². The predicted octanol–water partition coefficient (Wildman–Crippen LogP) is 3.66. The van der Waals surface area contributed by atoms with Crippen LogP contribution in [0.1, 0.15) is 17.0 Å². The molecule has 2 atom stereocenters. The van der Waals surface area contributed by atoms with Crippen LogP contribution in [0, 0.1) is 5.92 Å². The van der Waals surface area contributed by atoms with Crippen LogP contribution in [0.3, 0.4) is 0 Å². The van der Waals surface area contributed by atoms with E-state index in [0.717, 1.165) is 29.7 Å². The van der Waals surface area contributed by atoms with Crippen molar-refractivity contribution in [3.8, 4) is 0 Å². The predicted molar refractivity (Wildman–Crippen MR) is 102 cm³/mol. The highest BCUT2D eigenvalue weighted by molar-refractivity contribution is 9.10. The zero-order chi connectivity index (χ0) is 16.5. The molecule has 7 heteroatoms. The second kappa shape index (κ2) is 6.64. The molecule has 0 saturated carbocycles. The molecule has 4 heterocycles. The SMILES string of the molecule is CN1C(c2ccnc(NCc3cc(Br)cs3)n2)=CC2C=NCCC21. The molecule has 2 unspecified atom stereocenters. The number of hydrogen-bond donors (Lipinski definition) is 1. The number of nitrogens with one attached hydrogen (secondary N) is 1. The standard InChI is InChI=1S/C17H18BrN5S/c1-23-15-3-4-19-8-11(15)6-16(23)14-2-5-20-17(22-14)21-9-13-7-12(18)10-24-13/h2,5-8,10-11,15H,3-4,9H2,1H3,(H,20,21,22). The Balaban J connectivity index is 1.51. The van der Waals surface area contributed by atoms with Gasteiger partial charge in [0.15, 0.2) is 0 Å². The van der Waals surface area contributed by atoms with Gasteiger partial charge in [0.05, 0.1) is 17.9 Å². The highest BCUT2D eigenvalue weighted by Crippen LogP contribution is 2.34. The summed E-state index contributed by atoms with van der Waals surface area (Å²) in [5, 5.41) is 5.39. The van der Waals surface area contributed by atoms with E-state index in [1.807, 2.05) is 12.3 Å². The lowest BCUT2D eigenvalue weighted by Crippen LogP contribution is -2.34. The molecule has 0 fully saturated rings. The van der Waals surface area contributed by atoms with Gasteiger partial charge in [0.1, 0.15) is 0 Å². The second-order valence-electron chi connectivity index (χ2n) is 6.00. The van der Waals surface area contributed by atoms with E-state index < -0.39 is 0 Å². The average molecular weight is 404 g/mol. The Kier molecular flexibility index (Phi) is 4.37. The highest BCUT2D eigenvalue weighted by Gasteiger charge is 2.33. The van der Waals surface area contributed by atoms with E-state index in [4.69, 9.17) is 4.98 Å². The van der Waals surface area contributed by atoms with Gasteiger partial charge in [-0.3, -0.25) is 4.99 Å². The maximum Gasteiger partial charge on any atom is 0.223 e. The minimum atomic E-state index is 0.397. The number of fused-ring (bicyclic) bond motifs is 1. The molecule has 5 nitrogen and oxygen atoms in total. The van der Waals surface area contributed by atoms with Crippen LogP contribution in [0.25, 0.3) is 5.70 Å². The zero-order valence-electron chi connectivity index (χ0n) is 13.3. The van der Waals surface area contributed by atoms with Gasteiger partial charge in [-0.1, -0.05) is 0 Å².